The SMILES string of the molecule is C=C1c2ccccc2C(S(=O)(=O)[O-])=C(CC)C1CC.[Na+]. The van der Waals surface area contributed by atoms with E-state index in [2.05, 4.69) is 6.58 Å². The van der Waals surface area contributed by atoms with E-state index in [9.17, 15) is 13.0 Å². The van der Waals surface area contributed by atoms with Crippen LogP contribution in [0.25, 0.3) is 10.5 Å². The van der Waals surface area contributed by atoms with Gasteiger partial charge in [0, 0.05) is 5.92 Å². The summed E-state index contributed by atoms with van der Waals surface area (Å²) in [4.78, 5) is -0.0372. The van der Waals surface area contributed by atoms with Crippen LogP contribution < -0.4 is 29.6 Å². The molecule has 102 valence electrons. The molecule has 0 heterocycles. The molecule has 0 amide bonds. The van der Waals surface area contributed by atoms with Gasteiger partial charge in [-0.3, -0.25) is 0 Å². The van der Waals surface area contributed by atoms with Gasteiger partial charge in [-0.1, -0.05) is 44.7 Å². The first-order chi connectivity index (χ1) is 8.91. The molecule has 0 saturated heterocycles. The smallest absolute Gasteiger partial charge is 0.744 e. The Labute approximate surface area is 142 Å². The summed E-state index contributed by atoms with van der Waals surface area (Å²) >= 11 is 0. The molecular weight excluding hydrogens is 283 g/mol. The second-order valence-electron chi connectivity index (χ2n) is 4.69. The second kappa shape index (κ2) is 6.58. The molecule has 1 atom stereocenters. The van der Waals surface area contributed by atoms with E-state index >= 15 is 0 Å². The average Bonchev–Trinajstić information content (AvgIpc) is 2.36. The number of rotatable bonds is 3. The summed E-state index contributed by atoms with van der Waals surface area (Å²) < 4.78 is 34.9. The Morgan fingerprint density at radius 3 is 2.20 bits per heavy atom. The van der Waals surface area contributed by atoms with Crippen molar-refractivity contribution in [1.29, 1.82) is 0 Å². The number of hydrogen-bond donors (Lipinski definition) is 0. The predicted molar refractivity (Wildman–Crippen MR) is 76.2 cm³/mol. The minimum Gasteiger partial charge on any atom is -0.744 e. The van der Waals surface area contributed by atoms with Crippen LogP contribution in [0.3, 0.4) is 0 Å². The zero-order chi connectivity index (χ0) is 14.2. The summed E-state index contributed by atoms with van der Waals surface area (Å²) in [5, 5.41) is 0. The number of benzene rings is 1. The molecule has 0 bridgehead atoms. The van der Waals surface area contributed by atoms with Crippen LogP contribution in [-0.4, -0.2) is 13.0 Å². The van der Waals surface area contributed by atoms with Crippen molar-refractivity contribution >= 4 is 20.6 Å². The maximum atomic E-state index is 11.6. The van der Waals surface area contributed by atoms with Crippen LogP contribution in [0.4, 0.5) is 0 Å². The third-order valence-electron chi connectivity index (χ3n) is 3.69. The standard InChI is InChI=1S/C15H18O3S.Na/c1-4-11-10(3)13-8-6-7-9-14(13)15(12(11)5-2)19(16,17)18;/h6-9,11H,3-5H2,1-2H3,(H,16,17,18);/q;+1/p-1. The van der Waals surface area contributed by atoms with Crippen molar-refractivity contribution in [2.24, 2.45) is 5.92 Å². The predicted octanol–water partition coefficient (Wildman–Crippen LogP) is 0.410. The topological polar surface area (TPSA) is 57.2 Å². The maximum Gasteiger partial charge on any atom is 1.00 e. The Morgan fingerprint density at radius 1 is 1.20 bits per heavy atom. The molecule has 1 aliphatic rings. The summed E-state index contributed by atoms with van der Waals surface area (Å²) in [6.45, 7) is 7.95. The van der Waals surface area contributed by atoms with Crippen LogP contribution in [-0.2, 0) is 10.1 Å². The fraction of sp³-hybridized carbons (Fsp3) is 0.333. The van der Waals surface area contributed by atoms with Gasteiger partial charge in [-0.2, -0.15) is 0 Å². The fourth-order valence-electron chi connectivity index (χ4n) is 2.89. The normalized spacial score (nSPS) is 18.6. The Kier molecular flexibility index (Phi) is 5.81. The molecular formula is C15H17NaO3S. The Hall–Kier alpha value is -0.390. The monoisotopic (exact) mass is 300 g/mol. The first kappa shape index (κ1) is 17.7. The Bertz CT molecular complexity index is 659. The first-order valence-electron chi connectivity index (χ1n) is 6.39. The molecule has 0 N–H and O–H groups in total. The van der Waals surface area contributed by atoms with E-state index in [0.717, 1.165) is 17.6 Å². The van der Waals surface area contributed by atoms with Crippen molar-refractivity contribution in [3.63, 3.8) is 0 Å². The molecule has 1 unspecified atom stereocenters. The van der Waals surface area contributed by atoms with E-state index < -0.39 is 10.1 Å². The molecule has 0 saturated carbocycles. The van der Waals surface area contributed by atoms with Gasteiger partial charge in [-0.25, -0.2) is 8.42 Å². The van der Waals surface area contributed by atoms with Crippen LogP contribution in [0.1, 0.15) is 37.8 Å². The molecule has 5 heteroatoms. The molecule has 1 aromatic carbocycles. The number of hydrogen-bond acceptors (Lipinski definition) is 3. The fourth-order valence-corrected chi connectivity index (χ4v) is 3.94. The van der Waals surface area contributed by atoms with E-state index in [-0.39, 0.29) is 40.4 Å². The summed E-state index contributed by atoms with van der Waals surface area (Å²) in [5.41, 5.74) is 2.88. The summed E-state index contributed by atoms with van der Waals surface area (Å²) in [7, 11) is -4.48. The summed E-state index contributed by atoms with van der Waals surface area (Å²) in [5.74, 6) is -0.0568. The van der Waals surface area contributed by atoms with Crippen molar-refractivity contribution in [3.05, 3.63) is 47.5 Å². The van der Waals surface area contributed by atoms with Gasteiger partial charge in [-0.15, -0.1) is 0 Å². The quantitative estimate of drug-likeness (QED) is 0.600. The van der Waals surface area contributed by atoms with Gasteiger partial charge in [0.1, 0.15) is 10.1 Å². The van der Waals surface area contributed by atoms with E-state index in [1.54, 1.807) is 12.1 Å². The molecule has 0 fully saturated rings. The molecule has 3 nitrogen and oxygen atoms in total. The number of allylic oxidation sites excluding steroid dienone is 2. The van der Waals surface area contributed by atoms with Crippen LogP contribution in [0.2, 0.25) is 0 Å². The molecule has 2 rings (SSSR count). The Balaban J connectivity index is 0.00000200. The molecule has 0 aliphatic heterocycles. The van der Waals surface area contributed by atoms with Gasteiger partial charge >= 0.3 is 29.6 Å². The van der Waals surface area contributed by atoms with Crippen molar-refractivity contribution in [3.8, 4) is 0 Å². The molecule has 1 aromatic rings. The van der Waals surface area contributed by atoms with Crippen molar-refractivity contribution in [1.82, 2.24) is 0 Å². The van der Waals surface area contributed by atoms with Gasteiger partial charge in [0.2, 0.25) is 0 Å². The van der Waals surface area contributed by atoms with Crippen LogP contribution >= 0.6 is 0 Å². The van der Waals surface area contributed by atoms with Crippen molar-refractivity contribution in [2.45, 2.75) is 26.7 Å². The summed E-state index contributed by atoms with van der Waals surface area (Å²) in [6, 6.07) is 7.10. The summed E-state index contributed by atoms with van der Waals surface area (Å²) in [6.07, 6.45) is 1.29. The van der Waals surface area contributed by atoms with Gasteiger partial charge in [0.25, 0.3) is 0 Å². The molecule has 1 aliphatic carbocycles. The minimum atomic E-state index is -4.48. The van der Waals surface area contributed by atoms with Crippen molar-refractivity contribution < 1.29 is 42.5 Å². The van der Waals surface area contributed by atoms with E-state index in [1.165, 1.54) is 0 Å². The van der Waals surface area contributed by atoms with Crippen LogP contribution in [0.15, 0.2) is 36.4 Å². The minimum absolute atomic E-state index is 0. The van der Waals surface area contributed by atoms with Crippen molar-refractivity contribution in [2.75, 3.05) is 0 Å². The van der Waals surface area contributed by atoms with E-state index in [1.807, 2.05) is 26.0 Å². The first-order valence-corrected chi connectivity index (χ1v) is 7.80. The molecule has 0 spiro atoms. The van der Waals surface area contributed by atoms with Gasteiger partial charge in [0.15, 0.2) is 0 Å². The van der Waals surface area contributed by atoms with Gasteiger partial charge in [-0.05, 0) is 35.1 Å². The van der Waals surface area contributed by atoms with Crippen LogP contribution in [0.5, 0.6) is 0 Å². The zero-order valence-electron chi connectivity index (χ0n) is 12.1. The molecule has 0 aromatic heterocycles. The second-order valence-corrected chi connectivity index (χ2v) is 6.01. The van der Waals surface area contributed by atoms with Crippen LogP contribution in [0, 0.1) is 5.92 Å². The number of fused-ring (bicyclic) bond motifs is 1. The largest absolute Gasteiger partial charge is 1.00 e. The van der Waals surface area contributed by atoms with Gasteiger partial charge < -0.3 is 4.55 Å². The van der Waals surface area contributed by atoms with E-state index in [0.29, 0.717) is 17.6 Å². The molecule has 20 heavy (non-hydrogen) atoms. The third-order valence-corrected chi connectivity index (χ3v) is 4.67. The maximum absolute atomic E-state index is 11.6. The third kappa shape index (κ3) is 2.95. The van der Waals surface area contributed by atoms with Gasteiger partial charge in [0.05, 0.1) is 4.91 Å². The van der Waals surface area contributed by atoms with E-state index in [4.69, 9.17) is 0 Å². The Morgan fingerprint density at radius 2 is 1.75 bits per heavy atom. The average molecular weight is 300 g/mol. The molecule has 0 radical (unpaired) electrons. The zero-order valence-corrected chi connectivity index (χ0v) is 15.0.